The molecule has 0 aliphatic carbocycles. The molecule has 0 saturated carbocycles. The van der Waals surface area contributed by atoms with Crippen molar-refractivity contribution in [3.8, 4) is 0 Å². The molecule has 1 N–H and O–H groups in total. The molecular formula is C16H23N3O2. The van der Waals surface area contributed by atoms with E-state index < -0.39 is 0 Å². The highest BCUT2D eigenvalue weighted by Gasteiger charge is 2.35. The van der Waals surface area contributed by atoms with Gasteiger partial charge in [-0.05, 0) is 38.1 Å². The first-order chi connectivity index (χ1) is 9.88. The quantitative estimate of drug-likeness (QED) is 0.921. The number of anilines is 2. The molecule has 0 unspecified atom stereocenters. The fourth-order valence-corrected chi connectivity index (χ4v) is 2.49. The van der Waals surface area contributed by atoms with E-state index in [2.05, 4.69) is 5.32 Å². The zero-order valence-electron chi connectivity index (χ0n) is 13.1. The van der Waals surface area contributed by atoms with Crippen molar-refractivity contribution in [2.75, 3.05) is 30.9 Å². The molecule has 0 spiro atoms. The summed E-state index contributed by atoms with van der Waals surface area (Å²) in [6.07, 6.45) is 0.305. The van der Waals surface area contributed by atoms with Crippen LogP contribution in [0.5, 0.6) is 0 Å². The lowest BCUT2D eigenvalue weighted by molar-refractivity contribution is -0.129. The van der Waals surface area contributed by atoms with Gasteiger partial charge >= 0.3 is 0 Å². The number of likely N-dealkylation sites (tertiary alicyclic amines) is 1. The van der Waals surface area contributed by atoms with Crippen molar-refractivity contribution in [3.63, 3.8) is 0 Å². The van der Waals surface area contributed by atoms with Gasteiger partial charge in [-0.2, -0.15) is 0 Å². The lowest BCUT2D eigenvalue weighted by Gasteiger charge is -2.20. The van der Waals surface area contributed by atoms with Crippen molar-refractivity contribution < 1.29 is 9.59 Å². The van der Waals surface area contributed by atoms with Crippen molar-refractivity contribution in [2.24, 2.45) is 5.92 Å². The third kappa shape index (κ3) is 3.54. The minimum Gasteiger partial charge on any atom is -0.378 e. The van der Waals surface area contributed by atoms with Crippen LogP contribution in [0.25, 0.3) is 0 Å². The molecule has 2 amide bonds. The highest BCUT2D eigenvalue weighted by atomic mass is 16.2. The first kappa shape index (κ1) is 15.4. The summed E-state index contributed by atoms with van der Waals surface area (Å²) < 4.78 is 0. The van der Waals surface area contributed by atoms with Crippen LogP contribution in [0.2, 0.25) is 0 Å². The highest BCUT2D eigenvalue weighted by molar-refractivity contribution is 5.97. The second kappa shape index (κ2) is 6.16. The van der Waals surface area contributed by atoms with E-state index in [-0.39, 0.29) is 23.8 Å². The summed E-state index contributed by atoms with van der Waals surface area (Å²) in [6, 6.07) is 7.81. The Bertz CT molecular complexity index is 523. The maximum absolute atomic E-state index is 12.2. The van der Waals surface area contributed by atoms with Crippen LogP contribution in [0.4, 0.5) is 11.4 Å². The molecule has 5 nitrogen and oxygen atoms in total. The standard InChI is InChI=1S/C16H23N3O2/c1-11(2)19-10-12(9-15(19)20)16(21)17-13-5-7-14(8-6-13)18(3)4/h5-8,11-12H,9-10H2,1-4H3,(H,17,21)/t12-/m1/s1. The number of benzene rings is 1. The van der Waals surface area contributed by atoms with Gasteiger partial charge in [-0.1, -0.05) is 0 Å². The topological polar surface area (TPSA) is 52.7 Å². The minimum absolute atomic E-state index is 0.0631. The Hall–Kier alpha value is -2.04. The van der Waals surface area contributed by atoms with Gasteiger partial charge < -0.3 is 15.1 Å². The number of hydrogen-bond acceptors (Lipinski definition) is 3. The zero-order valence-corrected chi connectivity index (χ0v) is 13.1. The molecule has 0 aromatic heterocycles. The Morgan fingerprint density at radius 2 is 1.90 bits per heavy atom. The van der Waals surface area contributed by atoms with Crippen molar-refractivity contribution in [1.82, 2.24) is 4.90 Å². The summed E-state index contributed by atoms with van der Waals surface area (Å²) in [5.41, 5.74) is 1.84. The third-order valence-corrected chi connectivity index (χ3v) is 3.80. The summed E-state index contributed by atoms with van der Waals surface area (Å²) >= 11 is 0. The third-order valence-electron chi connectivity index (χ3n) is 3.80. The molecular weight excluding hydrogens is 266 g/mol. The van der Waals surface area contributed by atoms with Gasteiger partial charge in [0.2, 0.25) is 11.8 Å². The van der Waals surface area contributed by atoms with E-state index >= 15 is 0 Å². The van der Waals surface area contributed by atoms with Gasteiger partial charge in [-0.25, -0.2) is 0 Å². The maximum Gasteiger partial charge on any atom is 0.229 e. The van der Waals surface area contributed by atoms with Crippen molar-refractivity contribution in [1.29, 1.82) is 0 Å². The van der Waals surface area contributed by atoms with Crippen LogP contribution in [-0.2, 0) is 9.59 Å². The molecule has 1 saturated heterocycles. The second-order valence-electron chi connectivity index (χ2n) is 5.97. The Kier molecular flexibility index (Phi) is 4.50. The van der Waals surface area contributed by atoms with Crippen LogP contribution in [0.3, 0.4) is 0 Å². The molecule has 114 valence electrons. The number of nitrogens with one attached hydrogen (secondary N) is 1. The SMILES string of the molecule is CC(C)N1C[C@H](C(=O)Nc2ccc(N(C)C)cc2)CC1=O. The number of carbonyl (C=O) groups is 2. The molecule has 2 rings (SSSR count). The number of rotatable bonds is 4. The van der Waals surface area contributed by atoms with Gasteiger partial charge in [0, 0.05) is 44.5 Å². The second-order valence-corrected chi connectivity index (χ2v) is 5.97. The van der Waals surface area contributed by atoms with Crippen LogP contribution >= 0.6 is 0 Å². The van der Waals surface area contributed by atoms with Gasteiger partial charge in [-0.15, -0.1) is 0 Å². The highest BCUT2D eigenvalue weighted by Crippen LogP contribution is 2.22. The van der Waals surface area contributed by atoms with Crippen LogP contribution < -0.4 is 10.2 Å². The van der Waals surface area contributed by atoms with E-state index in [0.29, 0.717) is 13.0 Å². The molecule has 5 heteroatoms. The minimum atomic E-state index is -0.256. The zero-order chi connectivity index (χ0) is 15.6. The fourth-order valence-electron chi connectivity index (χ4n) is 2.49. The molecule has 1 atom stereocenters. The Balaban J connectivity index is 1.97. The van der Waals surface area contributed by atoms with Gasteiger partial charge in [-0.3, -0.25) is 9.59 Å². The molecule has 1 fully saturated rings. The largest absolute Gasteiger partial charge is 0.378 e. The predicted octanol–water partition coefficient (Wildman–Crippen LogP) is 1.95. The van der Waals surface area contributed by atoms with E-state index in [1.54, 1.807) is 4.90 Å². The maximum atomic E-state index is 12.2. The average molecular weight is 289 g/mol. The summed E-state index contributed by atoms with van der Waals surface area (Å²) in [5.74, 6) is -0.273. The van der Waals surface area contributed by atoms with Crippen LogP contribution in [0, 0.1) is 5.92 Å². The number of nitrogens with zero attached hydrogens (tertiary/aromatic N) is 2. The van der Waals surface area contributed by atoms with E-state index in [1.165, 1.54) is 0 Å². The van der Waals surface area contributed by atoms with Gasteiger partial charge in [0.15, 0.2) is 0 Å². The van der Waals surface area contributed by atoms with Crippen LogP contribution in [0.1, 0.15) is 20.3 Å². The van der Waals surface area contributed by atoms with Crippen molar-refractivity contribution in [3.05, 3.63) is 24.3 Å². The van der Waals surface area contributed by atoms with Crippen LogP contribution in [-0.4, -0.2) is 43.4 Å². The molecule has 1 aliphatic rings. The van der Waals surface area contributed by atoms with Crippen LogP contribution in [0.15, 0.2) is 24.3 Å². The first-order valence-electron chi connectivity index (χ1n) is 7.26. The Morgan fingerprint density at radius 1 is 1.29 bits per heavy atom. The lowest BCUT2D eigenvalue weighted by Crippen LogP contribution is -2.33. The molecule has 21 heavy (non-hydrogen) atoms. The lowest BCUT2D eigenvalue weighted by atomic mass is 10.1. The summed E-state index contributed by atoms with van der Waals surface area (Å²) in [5, 5.41) is 2.89. The predicted molar refractivity (Wildman–Crippen MR) is 84.4 cm³/mol. The van der Waals surface area contributed by atoms with E-state index in [9.17, 15) is 9.59 Å². The number of carbonyl (C=O) groups excluding carboxylic acids is 2. The summed E-state index contributed by atoms with van der Waals surface area (Å²) in [7, 11) is 3.94. The monoisotopic (exact) mass is 289 g/mol. The smallest absolute Gasteiger partial charge is 0.229 e. The molecule has 0 radical (unpaired) electrons. The van der Waals surface area contributed by atoms with Crippen molar-refractivity contribution in [2.45, 2.75) is 26.3 Å². The summed E-state index contributed by atoms with van der Waals surface area (Å²) in [4.78, 5) is 27.9. The average Bonchev–Trinajstić information content (AvgIpc) is 2.81. The number of hydrogen-bond donors (Lipinski definition) is 1. The Labute approximate surface area is 125 Å². The fraction of sp³-hybridized carbons (Fsp3) is 0.500. The molecule has 0 bridgehead atoms. The molecule has 1 aromatic rings. The number of amides is 2. The Morgan fingerprint density at radius 3 is 2.38 bits per heavy atom. The van der Waals surface area contributed by atoms with E-state index in [1.807, 2.05) is 57.1 Å². The van der Waals surface area contributed by atoms with Gasteiger partial charge in [0.05, 0.1) is 5.92 Å². The van der Waals surface area contributed by atoms with E-state index in [0.717, 1.165) is 11.4 Å². The van der Waals surface area contributed by atoms with Gasteiger partial charge in [0.1, 0.15) is 0 Å². The van der Waals surface area contributed by atoms with Gasteiger partial charge in [0.25, 0.3) is 0 Å². The van der Waals surface area contributed by atoms with Crippen molar-refractivity contribution >= 4 is 23.2 Å². The molecule has 1 heterocycles. The normalized spacial score (nSPS) is 18.2. The molecule has 1 aliphatic heterocycles. The molecule has 1 aromatic carbocycles. The van der Waals surface area contributed by atoms with E-state index in [4.69, 9.17) is 0 Å². The first-order valence-corrected chi connectivity index (χ1v) is 7.26. The summed E-state index contributed by atoms with van der Waals surface area (Å²) in [6.45, 7) is 4.45.